The third-order valence-corrected chi connectivity index (χ3v) is 1.97. The number of carbonyl (C=O) groups is 1. The van der Waals surface area contributed by atoms with E-state index >= 15 is 0 Å². The fourth-order valence-corrected chi connectivity index (χ4v) is 1.34. The van der Waals surface area contributed by atoms with Gasteiger partial charge in [0.05, 0.1) is 5.69 Å². The fourth-order valence-electron chi connectivity index (χ4n) is 0.998. The van der Waals surface area contributed by atoms with Crippen LogP contribution in [0.2, 0.25) is 0 Å². The number of ether oxygens (including phenoxy) is 1. The molecule has 0 aliphatic heterocycles. The summed E-state index contributed by atoms with van der Waals surface area (Å²) in [5.74, 6) is -0.938. The fraction of sp³-hybridized carbons (Fsp3) is 0.222. The van der Waals surface area contributed by atoms with E-state index in [1.165, 1.54) is 19.1 Å². The molecule has 16 heavy (non-hydrogen) atoms. The smallest absolute Gasteiger partial charge is 0.404 e. The van der Waals surface area contributed by atoms with Crippen molar-refractivity contribution >= 4 is 27.5 Å². The highest BCUT2D eigenvalue weighted by Crippen LogP contribution is 2.32. The number of anilines is 1. The lowest BCUT2D eigenvalue weighted by molar-refractivity contribution is -0.274. The van der Waals surface area contributed by atoms with Crippen LogP contribution in [0.3, 0.4) is 0 Å². The molecule has 0 spiro atoms. The number of rotatable bonds is 2. The third kappa shape index (κ3) is 4.09. The first-order valence-corrected chi connectivity index (χ1v) is 4.90. The zero-order valence-corrected chi connectivity index (χ0v) is 9.65. The van der Waals surface area contributed by atoms with E-state index in [0.717, 1.165) is 6.07 Å². The van der Waals surface area contributed by atoms with Gasteiger partial charge >= 0.3 is 6.36 Å². The molecule has 0 saturated heterocycles. The van der Waals surface area contributed by atoms with Crippen LogP contribution < -0.4 is 10.1 Å². The third-order valence-electron chi connectivity index (χ3n) is 1.48. The van der Waals surface area contributed by atoms with E-state index in [-0.39, 0.29) is 5.69 Å². The van der Waals surface area contributed by atoms with Gasteiger partial charge in [-0.15, -0.1) is 13.2 Å². The molecule has 0 bridgehead atoms. The molecule has 1 aromatic rings. The molecule has 0 aliphatic rings. The normalized spacial score (nSPS) is 11.1. The van der Waals surface area contributed by atoms with Gasteiger partial charge in [0.1, 0.15) is 0 Å². The Balaban J connectivity index is 3.03. The molecular weight excluding hydrogens is 291 g/mol. The molecular formula is C9H7BrF3NO2. The van der Waals surface area contributed by atoms with Crippen LogP contribution in [-0.4, -0.2) is 12.3 Å². The summed E-state index contributed by atoms with van der Waals surface area (Å²) in [6.07, 6.45) is -4.80. The van der Waals surface area contributed by atoms with Crippen LogP contribution in [0.25, 0.3) is 0 Å². The monoisotopic (exact) mass is 297 g/mol. The molecule has 3 nitrogen and oxygen atoms in total. The van der Waals surface area contributed by atoms with E-state index < -0.39 is 18.0 Å². The molecule has 0 fully saturated rings. The SMILES string of the molecule is CC(=O)Nc1ccc(Br)cc1OC(F)(F)F. The van der Waals surface area contributed by atoms with Crippen LogP contribution in [0, 0.1) is 0 Å². The van der Waals surface area contributed by atoms with Crippen LogP contribution in [0.1, 0.15) is 6.92 Å². The number of hydrogen-bond donors (Lipinski definition) is 1. The predicted molar refractivity (Wildman–Crippen MR) is 55.1 cm³/mol. The highest BCUT2D eigenvalue weighted by atomic mass is 79.9. The first-order valence-electron chi connectivity index (χ1n) is 4.11. The first-order chi connectivity index (χ1) is 7.28. The maximum Gasteiger partial charge on any atom is 0.573 e. The van der Waals surface area contributed by atoms with Gasteiger partial charge in [0.15, 0.2) is 5.75 Å². The van der Waals surface area contributed by atoms with E-state index in [1.54, 1.807) is 0 Å². The topological polar surface area (TPSA) is 38.3 Å². The second kappa shape index (κ2) is 4.73. The minimum atomic E-state index is -4.80. The van der Waals surface area contributed by atoms with E-state index in [9.17, 15) is 18.0 Å². The minimum absolute atomic E-state index is 0.0342. The van der Waals surface area contributed by atoms with Crippen molar-refractivity contribution in [1.82, 2.24) is 0 Å². The molecule has 0 aromatic heterocycles. The quantitative estimate of drug-likeness (QED) is 0.909. The molecule has 0 aliphatic carbocycles. The van der Waals surface area contributed by atoms with Gasteiger partial charge in [0.25, 0.3) is 0 Å². The summed E-state index contributed by atoms with van der Waals surface area (Å²) in [5.41, 5.74) is -0.0342. The Kier molecular flexibility index (Phi) is 3.79. The van der Waals surface area contributed by atoms with Crippen LogP contribution >= 0.6 is 15.9 Å². The average Bonchev–Trinajstić information content (AvgIpc) is 2.06. The molecule has 0 heterocycles. The number of nitrogens with one attached hydrogen (secondary N) is 1. The summed E-state index contributed by atoms with van der Waals surface area (Å²) in [4.78, 5) is 10.8. The second-order valence-electron chi connectivity index (χ2n) is 2.87. The lowest BCUT2D eigenvalue weighted by Crippen LogP contribution is -2.19. The van der Waals surface area contributed by atoms with E-state index in [0.29, 0.717) is 4.47 Å². The summed E-state index contributed by atoms with van der Waals surface area (Å²) < 4.78 is 40.3. The van der Waals surface area contributed by atoms with Gasteiger partial charge < -0.3 is 10.1 Å². The molecule has 7 heteroatoms. The van der Waals surface area contributed by atoms with Gasteiger partial charge in [-0.2, -0.15) is 0 Å². The Bertz CT molecular complexity index is 406. The lowest BCUT2D eigenvalue weighted by Gasteiger charge is -2.13. The molecule has 0 saturated carbocycles. The molecule has 1 aromatic carbocycles. The van der Waals surface area contributed by atoms with Crippen molar-refractivity contribution in [3.8, 4) is 5.75 Å². The number of alkyl halides is 3. The van der Waals surface area contributed by atoms with Crippen molar-refractivity contribution in [1.29, 1.82) is 0 Å². The Labute approximate surface area is 97.7 Å². The van der Waals surface area contributed by atoms with Gasteiger partial charge in [-0.1, -0.05) is 15.9 Å². The standard InChI is InChI=1S/C9H7BrF3NO2/c1-5(15)14-7-3-2-6(10)4-8(7)16-9(11,12)13/h2-4H,1H3,(H,14,15). The van der Waals surface area contributed by atoms with Crippen LogP contribution in [0.5, 0.6) is 5.75 Å². The van der Waals surface area contributed by atoms with Crippen LogP contribution in [0.15, 0.2) is 22.7 Å². The van der Waals surface area contributed by atoms with Gasteiger partial charge in [-0.05, 0) is 18.2 Å². The zero-order chi connectivity index (χ0) is 12.3. The Morgan fingerprint density at radius 1 is 1.44 bits per heavy atom. The van der Waals surface area contributed by atoms with Crippen molar-refractivity contribution in [2.24, 2.45) is 0 Å². The maximum atomic E-state index is 12.0. The predicted octanol–water partition coefficient (Wildman–Crippen LogP) is 3.31. The second-order valence-corrected chi connectivity index (χ2v) is 3.79. The Morgan fingerprint density at radius 3 is 2.56 bits per heavy atom. The molecule has 1 amide bonds. The number of carbonyl (C=O) groups excluding carboxylic acids is 1. The first kappa shape index (κ1) is 12.8. The van der Waals surface area contributed by atoms with Gasteiger partial charge in [0.2, 0.25) is 5.91 Å². The van der Waals surface area contributed by atoms with Gasteiger partial charge in [0, 0.05) is 11.4 Å². The van der Waals surface area contributed by atoms with Crippen LogP contribution in [0.4, 0.5) is 18.9 Å². The van der Waals surface area contributed by atoms with Gasteiger partial charge in [-0.25, -0.2) is 0 Å². The number of amides is 1. The lowest BCUT2D eigenvalue weighted by atomic mass is 10.3. The largest absolute Gasteiger partial charge is 0.573 e. The molecule has 0 atom stereocenters. The average molecular weight is 298 g/mol. The van der Waals surface area contributed by atoms with Gasteiger partial charge in [-0.3, -0.25) is 4.79 Å². The summed E-state index contributed by atoms with van der Waals surface area (Å²) in [6.45, 7) is 1.19. The number of halogens is 4. The van der Waals surface area contributed by atoms with E-state index in [4.69, 9.17) is 0 Å². The highest BCUT2D eigenvalue weighted by Gasteiger charge is 2.32. The van der Waals surface area contributed by atoms with Crippen LogP contribution in [-0.2, 0) is 4.79 Å². The number of benzene rings is 1. The molecule has 0 unspecified atom stereocenters. The van der Waals surface area contributed by atoms with E-state index in [2.05, 4.69) is 26.0 Å². The Hall–Kier alpha value is -1.24. The van der Waals surface area contributed by atoms with E-state index in [1.807, 2.05) is 0 Å². The minimum Gasteiger partial charge on any atom is -0.404 e. The summed E-state index contributed by atoms with van der Waals surface area (Å²) in [5, 5.41) is 2.24. The maximum absolute atomic E-state index is 12.0. The molecule has 1 rings (SSSR count). The summed E-state index contributed by atoms with van der Waals surface area (Å²) in [7, 11) is 0. The van der Waals surface area contributed by atoms with Crippen molar-refractivity contribution < 1.29 is 22.7 Å². The van der Waals surface area contributed by atoms with Crippen molar-refractivity contribution in [3.63, 3.8) is 0 Å². The number of hydrogen-bond acceptors (Lipinski definition) is 2. The molecule has 0 radical (unpaired) electrons. The summed E-state index contributed by atoms with van der Waals surface area (Å²) >= 11 is 3.01. The molecule has 1 N–H and O–H groups in total. The van der Waals surface area contributed by atoms with Crippen molar-refractivity contribution in [2.45, 2.75) is 13.3 Å². The Morgan fingerprint density at radius 2 is 2.06 bits per heavy atom. The van der Waals surface area contributed by atoms with Crippen molar-refractivity contribution in [2.75, 3.05) is 5.32 Å². The molecule has 88 valence electrons. The summed E-state index contributed by atoms with van der Waals surface area (Å²) in [6, 6.07) is 3.93. The zero-order valence-electron chi connectivity index (χ0n) is 8.06. The highest BCUT2D eigenvalue weighted by molar-refractivity contribution is 9.10. The van der Waals surface area contributed by atoms with Crippen molar-refractivity contribution in [3.05, 3.63) is 22.7 Å².